The van der Waals surface area contributed by atoms with E-state index < -0.39 is 53.9 Å². The molecular weight excluding hydrogens is 544 g/mol. The van der Waals surface area contributed by atoms with Crippen molar-refractivity contribution in [2.45, 2.75) is 89.9 Å². The second-order valence-corrected chi connectivity index (χ2v) is 14.8. The first kappa shape index (κ1) is 32.5. The third kappa shape index (κ3) is 9.15. The first-order chi connectivity index (χ1) is 17.8. The summed E-state index contributed by atoms with van der Waals surface area (Å²) in [6.45, 7) is 13.4. The molecular formula is C28H38O9S2. The maximum absolute atomic E-state index is 13.3. The fourth-order valence-electron chi connectivity index (χ4n) is 3.85. The van der Waals surface area contributed by atoms with Gasteiger partial charge in [0.1, 0.15) is 21.7 Å². The Bertz CT molecular complexity index is 1290. The van der Waals surface area contributed by atoms with Crippen LogP contribution in [0, 0.1) is 0 Å². The Hall–Kier alpha value is -2.76. The molecule has 39 heavy (non-hydrogen) atoms. The highest BCUT2D eigenvalue weighted by Crippen LogP contribution is 2.35. The van der Waals surface area contributed by atoms with E-state index in [1.54, 1.807) is 55.4 Å². The number of ether oxygens (including phenoxy) is 2. The van der Waals surface area contributed by atoms with Crippen LogP contribution in [0.2, 0.25) is 0 Å². The van der Waals surface area contributed by atoms with Crippen LogP contribution < -0.4 is 0 Å². The quantitative estimate of drug-likeness (QED) is 0.315. The van der Waals surface area contributed by atoms with E-state index in [0.717, 1.165) is 0 Å². The van der Waals surface area contributed by atoms with Crippen LogP contribution in [0.5, 0.6) is 0 Å². The lowest BCUT2D eigenvalue weighted by Crippen LogP contribution is -2.26. The van der Waals surface area contributed by atoms with Crippen LogP contribution in [-0.2, 0) is 33.3 Å². The van der Waals surface area contributed by atoms with Crippen LogP contribution in [0.25, 0.3) is 0 Å². The van der Waals surface area contributed by atoms with Crippen LogP contribution in [0.1, 0.15) is 111 Å². The lowest BCUT2D eigenvalue weighted by Gasteiger charge is -2.22. The van der Waals surface area contributed by atoms with Gasteiger partial charge in [-0.25, -0.2) is 9.59 Å². The van der Waals surface area contributed by atoms with Gasteiger partial charge in [0.2, 0.25) is 0 Å². The highest BCUT2D eigenvalue weighted by Gasteiger charge is 2.37. The van der Waals surface area contributed by atoms with E-state index in [4.69, 9.17) is 13.1 Å². The Morgan fingerprint density at radius 3 is 1.28 bits per heavy atom. The molecule has 2 atom stereocenters. The van der Waals surface area contributed by atoms with E-state index in [1.807, 2.05) is 0 Å². The molecule has 0 unspecified atom stereocenters. The summed E-state index contributed by atoms with van der Waals surface area (Å²) in [5.41, 5.74) is -0.867. The fraction of sp³-hybridized carbons (Fsp3) is 0.500. The smallest absolute Gasteiger partial charge is 0.338 e. The molecule has 11 heteroatoms. The number of rotatable bonds is 10. The minimum atomic E-state index is -4.71. The van der Waals surface area contributed by atoms with Crippen molar-refractivity contribution in [3.63, 3.8) is 0 Å². The van der Waals surface area contributed by atoms with Gasteiger partial charge in [-0.3, -0.25) is 0 Å². The van der Waals surface area contributed by atoms with E-state index in [1.165, 1.54) is 48.5 Å². The van der Waals surface area contributed by atoms with Crippen molar-refractivity contribution in [3.05, 3.63) is 70.8 Å². The molecule has 9 nitrogen and oxygen atoms in total. The Morgan fingerprint density at radius 1 is 0.667 bits per heavy atom. The molecule has 0 radical (unpaired) electrons. The molecule has 0 saturated heterocycles. The molecule has 0 fully saturated rings. The van der Waals surface area contributed by atoms with Crippen molar-refractivity contribution < 1.29 is 39.5 Å². The summed E-state index contributed by atoms with van der Waals surface area (Å²) in [5, 5.41) is -2.72. The molecule has 0 aromatic heterocycles. The van der Waals surface area contributed by atoms with Crippen LogP contribution in [0.4, 0.5) is 0 Å². The Morgan fingerprint density at radius 2 is 1.00 bits per heavy atom. The summed E-state index contributed by atoms with van der Waals surface area (Å²) in [4.78, 5) is 25.0. The Balaban J connectivity index is 2.38. The molecule has 0 bridgehead atoms. The van der Waals surface area contributed by atoms with Gasteiger partial charge in [-0.2, -0.15) is 16.8 Å². The molecule has 2 aromatic carbocycles. The number of benzene rings is 2. The molecule has 0 saturated carbocycles. The Labute approximate surface area is 232 Å². The number of hydrogen-bond acceptors (Lipinski definition) is 9. The van der Waals surface area contributed by atoms with Crippen molar-refractivity contribution in [1.29, 1.82) is 0 Å². The van der Waals surface area contributed by atoms with Crippen molar-refractivity contribution >= 4 is 32.2 Å². The minimum Gasteiger partial charge on any atom is -0.456 e. The average molecular weight is 583 g/mol. The van der Waals surface area contributed by atoms with E-state index >= 15 is 0 Å². The third-order valence-corrected chi connectivity index (χ3v) is 9.54. The molecule has 0 aliphatic carbocycles. The van der Waals surface area contributed by atoms with Gasteiger partial charge in [0.05, 0.1) is 11.1 Å². The van der Waals surface area contributed by atoms with Crippen molar-refractivity contribution in [2.24, 2.45) is 0 Å². The highest BCUT2D eigenvalue weighted by atomic mass is 32.3. The normalized spacial score (nSPS) is 14.4. The summed E-state index contributed by atoms with van der Waals surface area (Å²) in [6, 6.07) is 11.7. The lowest BCUT2D eigenvalue weighted by molar-refractivity contribution is 0.00569. The van der Waals surface area contributed by atoms with Crippen LogP contribution in [0.3, 0.4) is 0 Å². The van der Waals surface area contributed by atoms with Gasteiger partial charge >= 0.3 is 11.9 Å². The standard InChI is InChI=1S/C28H38O9S2/c1-9-23(19-13-11-15-21(17-19)25(29)35-27(3,4)5)38(31,32)37-39(33,34)24(10-2)20-14-12-16-22(18-20)26(30)36-28(6,7)8/h11-18,23-24H,9-10H2,1-8H3/t23-,24-/m1/s1. The van der Waals surface area contributed by atoms with Gasteiger partial charge in [0, 0.05) is 0 Å². The second-order valence-electron chi connectivity index (χ2n) is 11.1. The zero-order valence-corrected chi connectivity index (χ0v) is 25.3. The van der Waals surface area contributed by atoms with Gasteiger partial charge < -0.3 is 9.47 Å². The average Bonchev–Trinajstić information content (AvgIpc) is 2.77. The van der Waals surface area contributed by atoms with E-state index in [0.29, 0.717) is 0 Å². The molecule has 0 N–H and O–H groups in total. The summed E-state index contributed by atoms with van der Waals surface area (Å²) in [7, 11) is -9.41. The Kier molecular flexibility index (Phi) is 10.1. The fourth-order valence-corrected chi connectivity index (χ4v) is 7.44. The predicted molar refractivity (Wildman–Crippen MR) is 148 cm³/mol. The molecule has 0 amide bonds. The van der Waals surface area contributed by atoms with Gasteiger partial charge in [-0.05, 0) is 89.8 Å². The zero-order chi connectivity index (χ0) is 29.8. The maximum Gasteiger partial charge on any atom is 0.338 e. The van der Waals surface area contributed by atoms with Crippen LogP contribution in [-0.4, -0.2) is 40.0 Å². The van der Waals surface area contributed by atoms with Crippen LogP contribution >= 0.6 is 0 Å². The van der Waals surface area contributed by atoms with Gasteiger partial charge in [-0.15, -0.1) is 3.63 Å². The van der Waals surface area contributed by atoms with E-state index in [9.17, 15) is 26.4 Å². The summed E-state index contributed by atoms with van der Waals surface area (Å²) < 4.78 is 68.7. The topological polar surface area (TPSA) is 130 Å². The molecule has 216 valence electrons. The predicted octanol–water partition coefficient (Wildman–Crippen LogP) is 5.88. The van der Waals surface area contributed by atoms with Gasteiger partial charge in [-0.1, -0.05) is 38.1 Å². The van der Waals surface area contributed by atoms with Gasteiger partial charge in [0.25, 0.3) is 20.2 Å². The van der Waals surface area contributed by atoms with Crippen LogP contribution in [0.15, 0.2) is 48.5 Å². The van der Waals surface area contributed by atoms with Gasteiger partial charge in [0.15, 0.2) is 0 Å². The molecule has 2 rings (SSSR count). The summed E-state index contributed by atoms with van der Waals surface area (Å²) in [6.07, 6.45) is -0.0267. The first-order valence-electron chi connectivity index (χ1n) is 12.6. The van der Waals surface area contributed by atoms with Crippen molar-refractivity contribution in [1.82, 2.24) is 0 Å². The maximum atomic E-state index is 13.3. The third-order valence-electron chi connectivity index (χ3n) is 5.41. The highest BCUT2D eigenvalue weighted by molar-refractivity contribution is 8.00. The van der Waals surface area contributed by atoms with E-state index in [-0.39, 0.29) is 35.1 Å². The molecule has 0 heterocycles. The molecule has 0 aliphatic rings. The van der Waals surface area contributed by atoms with Crippen molar-refractivity contribution in [3.8, 4) is 0 Å². The monoisotopic (exact) mass is 582 g/mol. The molecule has 0 aliphatic heterocycles. The first-order valence-corrected chi connectivity index (χ1v) is 15.6. The number of carbonyl (C=O) groups is 2. The lowest BCUT2D eigenvalue weighted by atomic mass is 10.1. The minimum absolute atomic E-state index is 0.0133. The molecule has 2 aromatic rings. The summed E-state index contributed by atoms with van der Waals surface area (Å²) >= 11 is 0. The SMILES string of the molecule is CC[C@H](c1cccc(C(=O)OC(C)(C)C)c1)S(=O)(=O)OS(=O)(=O)[C@H](CC)c1cccc(C(=O)OC(C)(C)C)c1. The largest absolute Gasteiger partial charge is 0.456 e. The van der Waals surface area contributed by atoms with Crippen molar-refractivity contribution in [2.75, 3.05) is 0 Å². The second kappa shape index (κ2) is 12.2. The van der Waals surface area contributed by atoms with E-state index in [2.05, 4.69) is 0 Å². The number of carbonyl (C=O) groups excluding carboxylic acids is 2. The number of hydrogen-bond donors (Lipinski definition) is 0. The molecule has 0 spiro atoms. The summed E-state index contributed by atoms with van der Waals surface area (Å²) in [5.74, 6) is -1.28. The zero-order valence-electron chi connectivity index (χ0n) is 23.7. The number of esters is 2.